The standard InChI is InChI=1S/C16H23N3O/c1-17-15(20)13-6-5-10-18-14(13)19-11-9-16(12-19)7-3-2-4-8-16/h5-6,10H,2-4,7-9,11-12H2,1H3,(H,17,20). The Morgan fingerprint density at radius 1 is 1.30 bits per heavy atom. The van der Waals surface area contributed by atoms with Crippen LogP contribution in [-0.2, 0) is 0 Å². The highest BCUT2D eigenvalue weighted by Gasteiger charge is 2.39. The van der Waals surface area contributed by atoms with Gasteiger partial charge in [0.1, 0.15) is 5.82 Å². The second-order valence-corrected chi connectivity index (χ2v) is 6.19. The lowest BCUT2D eigenvalue weighted by Gasteiger charge is -2.33. The highest BCUT2D eigenvalue weighted by molar-refractivity contribution is 5.98. The minimum atomic E-state index is -0.0438. The van der Waals surface area contributed by atoms with E-state index in [0.717, 1.165) is 18.9 Å². The van der Waals surface area contributed by atoms with Crippen LogP contribution in [0.25, 0.3) is 0 Å². The lowest BCUT2D eigenvalue weighted by atomic mass is 9.73. The molecule has 2 fully saturated rings. The molecule has 1 aromatic heterocycles. The molecule has 0 aromatic carbocycles. The molecule has 0 atom stereocenters. The Balaban J connectivity index is 1.82. The van der Waals surface area contributed by atoms with Crippen molar-refractivity contribution in [3.8, 4) is 0 Å². The fourth-order valence-electron chi connectivity index (χ4n) is 3.79. The van der Waals surface area contributed by atoms with Crippen LogP contribution in [0.1, 0.15) is 48.9 Å². The molecule has 1 saturated heterocycles. The van der Waals surface area contributed by atoms with E-state index in [0.29, 0.717) is 11.0 Å². The Hall–Kier alpha value is -1.58. The zero-order chi connectivity index (χ0) is 14.0. The normalized spacial score (nSPS) is 21.1. The van der Waals surface area contributed by atoms with Gasteiger partial charge >= 0.3 is 0 Å². The van der Waals surface area contributed by atoms with E-state index in [9.17, 15) is 4.79 Å². The molecule has 20 heavy (non-hydrogen) atoms. The molecule has 1 saturated carbocycles. The average Bonchev–Trinajstić information content (AvgIpc) is 2.90. The molecule has 0 bridgehead atoms. The van der Waals surface area contributed by atoms with E-state index in [4.69, 9.17) is 0 Å². The quantitative estimate of drug-likeness (QED) is 0.901. The summed E-state index contributed by atoms with van der Waals surface area (Å²) in [5.41, 5.74) is 1.18. The summed E-state index contributed by atoms with van der Waals surface area (Å²) < 4.78 is 0. The third kappa shape index (κ3) is 2.39. The number of nitrogens with zero attached hydrogens (tertiary/aromatic N) is 2. The van der Waals surface area contributed by atoms with Gasteiger partial charge in [-0.15, -0.1) is 0 Å². The maximum atomic E-state index is 12.0. The zero-order valence-electron chi connectivity index (χ0n) is 12.2. The van der Waals surface area contributed by atoms with E-state index in [1.807, 2.05) is 12.1 Å². The van der Waals surface area contributed by atoms with Gasteiger partial charge in [0, 0.05) is 26.3 Å². The minimum absolute atomic E-state index is 0.0438. The van der Waals surface area contributed by atoms with Crippen molar-refractivity contribution in [2.24, 2.45) is 5.41 Å². The van der Waals surface area contributed by atoms with Gasteiger partial charge in [-0.25, -0.2) is 4.98 Å². The maximum Gasteiger partial charge on any atom is 0.254 e. The zero-order valence-corrected chi connectivity index (χ0v) is 12.2. The smallest absolute Gasteiger partial charge is 0.254 e. The number of pyridine rings is 1. The number of nitrogens with one attached hydrogen (secondary N) is 1. The van der Waals surface area contributed by atoms with Crippen LogP contribution in [0.5, 0.6) is 0 Å². The molecule has 4 heteroatoms. The first-order chi connectivity index (χ1) is 9.74. The summed E-state index contributed by atoms with van der Waals surface area (Å²) in [5.74, 6) is 0.812. The van der Waals surface area contributed by atoms with Gasteiger partial charge in [-0.1, -0.05) is 19.3 Å². The third-order valence-electron chi connectivity index (χ3n) is 4.91. The minimum Gasteiger partial charge on any atom is -0.355 e. The molecule has 1 N–H and O–H groups in total. The van der Waals surface area contributed by atoms with Crippen molar-refractivity contribution in [3.05, 3.63) is 23.9 Å². The first-order valence-electron chi connectivity index (χ1n) is 7.66. The van der Waals surface area contributed by atoms with Crippen LogP contribution in [0.15, 0.2) is 18.3 Å². The van der Waals surface area contributed by atoms with Gasteiger partial charge in [0.15, 0.2) is 0 Å². The number of amides is 1. The van der Waals surface area contributed by atoms with Gasteiger partial charge in [0.2, 0.25) is 0 Å². The number of hydrogen-bond donors (Lipinski definition) is 1. The Morgan fingerprint density at radius 3 is 2.85 bits per heavy atom. The monoisotopic (exact) mass is 273 g/mol. The molecule has 0 radical (unpaired) electrons. The molecular weight excluding hydrogens is 250 g/mol. The van der Waals surface area contributed by atoms with Crippen LogP contribution in [0, 0.1) is 5.41 Å². The van der Waals surface area contributed by atoms with E-state index < -0.39 is 0 Å². The Kier molecular flexibility index (Phi) is 3.64. The summed E-state index contributed by atoms with van der Waals surface area (Å²) >= 11 is 0. The summed E-state index contributed by atoms with van der Waals surface area (Å²) in [6.07, 6.45) is 9.81. The van der Waals surface area contributed by atoms with Gasteiger partial charge in [0.25, 0.3) is 5.91 Å². The van der Waals surface area contributed by atoms with E-state index in [1.165, 1.54) is 38.5 Å². The van der Waals surface area contributed by atoms with Gasteiger partial charge in [0.05, 0.1) is 5.56 Å². The first-order valence-corrected chi connectivity index (χ1v) is 7.66. The summed E-state index contributed by atoms with van der Waals surface area (Å²) in [6.45, 7) is 2.09. The lowest BCUT2D eigenvalue weighted by Crippen LogP contribution is -2.31. The molecule has 2 heterocycles. The van der Waals surface area contributed by atoms with Crippen LogP contribution in [0.2, 0.25) is 0 Å². The number of anilines is 1. The predicted molar refractivity (Wildman–Crippen MR) is 80.0 cm³/mol. The third-order valence-corrected chi connectivity index (χ3v) is 4.91. The fourth-order valence-corrected chi connectivity index (χ4v) is 3.79. The number of hydrogen-bond acceptors (Lipinski definition) is 3. The van der Waals surface area contributed by atoms with Crippen LogP contribution < -0.4 is 10.2 Å². The van der Waals surface area contributed by atoms with Gasteiger partial charge < -0.3 is 10.2 Å². The van der Waals surface area contributed by atoms with Crippen molar-refractivity contribution in [3.63, 3.8) is 0 Å². The summed E-state index contributed by atoms with van der Waals surface area (Å²) in [6, 6.07) is 3.70. The second-order valence-electron chi connectivity index (χ2n) is 6.19. The highest BCUT2D eigenvalue weighted by atomic mass is 16.1. The molecule has 1 aliphatic heterocycles. The Morgan fingerprint density at radius 2 is 2.10 bits per heavy atom. The summed E-state index contributed by atoms with van der Waals surface area (Å²) in [7, 11) is 1.67. The average molecular weight is 273 g/mol. The summed E-state index contributed by atoms with van der Waals surface area (Å²) in [5, 5.41) is 2.71. The molecule has 4 nitrogen and oxygen atoms in total. The van der Waals surface area contributed by atoms with Gasteiger partial charge in [-0.2, -0.15) is 0 Å². The molecule has 0 unspecified atom stereocenters. The summed E-state index contributed by atoms with van der Waals surface area (Å²) in [4.78, 5) is 18.8. The largest absolute Gasteiger partial charge is 0.355 e. The number of rotatable bonds is 2. The van der Waals surface area contributed by atoms with Crippen LogP contribution >= 0.6 is 0 Å². The Bertz CT molecular complexity index is 494. The van der Waals surface area contributed by atoms with Crippen LogP contribution in [0.3, 0.4) is 0 Å². The molecule has 1 spiro atoms. The molecular formula is C16H23N3O. The number of carbonyl (C=O) groups excluding carboxylic acids is 1. The molecule has 1 aliphatic carbocycles. The first kappa shape index (κ1) is 13.4. The Labute approximate surface area is 120 Å². The van der Waals surface area contributed by atoms with Gasteiger partial charge in [-0.3, -0.25) is 4.79 Å². The second kappa shape index (κ2) is 5.43. The van der Waals surface area contributed by atoms with Crippen molar-refractivity contribution in [1.29, 1.82) is 0 Å². The SMILES string of the molecule is CNC(=O)c1cccnc1N1CCC2(CCCCC2)C1. The van der Waals surface area contributed by atoms with Crippen molar-refractivity contribution < 1.29 is 4.79 Å². The van der Waals surface area contributed by atoms with E-state index in [-0.39, 0.29) is 5.91 Å². The topological polar surface area (TPSA) is 45.2 Å². The van der Waals surface area contributed by atoms with Crippen molar-refractivity contribution in [1.82, 2.24) is 10.3 Å². The number of aromatic nitrogens is 1. The fraction of sp³-hybridized carbons (Fsp3) is 0.625. The van der Waals surface area contributed by atoms with E-state index in [1.54, 1.807) is 13.2 Å². The molecule has 2 aliphatic rings. The van der Waals surface area contributed by atoms with Crippen molar-refractivity contribution >= 4 is 11.7 Å². The predicted octanol–water partition coefficient (Wildman–Crippen LogP) is 2.60. The van der Waals surface area contributed by atoms with Crippen molar-refractivity contribution in [2.45, 2.75) is 38.5 Å². The molecule has 1 aromatic rings. The lowest BCUT2D eigenvalue weighted by molar-refractivity contribution is 0.0963. The molecule has 108 valence electrons. The van der Waals surface area contributed by atoms with Gasteiger partial charge in [-0.05, 0) is 36.8 Å². The van der Waals surface area contributed by atoms with Crippen LogP contribution in [0.4, 0.5) is 5.82 Å². The van der Waals surface area contributed by atoms with E-state index >= 15 is 0 Å². The van der Waals surface area contributed by atoms with E-state index in [2.05, 4.69) is 15.2 Å². The molecule has 3 rings (SSSR count). The number of carbonyl (C=O) groups is 1. The molecule has 1 amide bonds. The van der Waals surface area contributed by atoms with Crippen LogP contribution in [-0.4, -0.2) is 31.0 Å². The van der Waals surface area contributed by atoms with Crippen molar-refractivity contribution in [2.75, 3.05) is 25.0 Å². The highest BCUT2D eigenvalue weighted by Crippen LogP contribution is 2.44. The maximum absolute atomic E-state index is 12.0.